The Labute approximate surface area is 152 Å². The molecule has 3 aliphatic rings. The van der Waals surface area contributed by atoms with Crippen molar-refractivity contribution in [1.29, 1.82) is 0 Å². The second-order valence-electron chi connectivity index (χ2n) is 7.41. The van der Waals surface area contributed by atoms with Crippen molar-refractivity contribution in [3.8, 4) is 0 Å². The van der Waals surface area contributed by atoms with Gasteiger partial charge in [0.2, 0.25) is 5.91 Å². The number of nitrogens with one attached hydrogen (secondary N) is 1. The molecule has 0 bridgehead atoms. The fourth-order valence-electron chi connectivity index (χ4n) is 3.82. The fraction of sp³-hybridized carbons (Fsp3) is 0.556. The lowest BCUT2D eigenvalue weighted by Crippen LogP contribution is -2.55. The number of rotatable bonds is 2. The quantitative estimate of drug-likeness (QED) is 0.873. The third-order valence-electron chi connectivity index (χ3n) is 5.55. The van der Waals surface area contributed by atoms with Crippen LogP contribution in [0.1, 0.15) is 24.8 Å². The lowest BCUT2D eigenvalue weighted by Gasteiger charge is -2.38. The van der Waals surface area contributed by atoms with E-state index >= 15 is 0 Å². The van der Waals surface area contributed by atoms with Gasteiger partial charge in [-0.1, -0.05) is 23.7 Å². The van der Waals surface area contributed by atoms with Crippen LogP contribution in [0.4, 0.5) is 4.79 Å². The molecule has 2 aliphatic heterocycles. The van der Waals surface area contributed by atoms with E-state index in [9.17, 15) is 9.59 Å². The highest BCUT2D eigenvalue weighted by atomic mass is 35.5. The predicted octanol–water partition coefficient (Wildman–Crippen LogP) is 1.97. The molecule has 0 aromatic heterocycles. The summed E-state index contributed by atoms with van der Waals surface area (Å²) in [7, 11) is 1.79. The minimum absolute atomic E-state index is 0.00630. The summed E-state index contributed by atoms with van der Waals surface area (Å²) in [5, 5.41) is 3.89. The number of amides is 3. The summed E-state index contributed by atoms with van der Waals surface area (Å²) in [6, 6.07) is 7.61. The van der Waals surface area contributed by atoms with Crippen LogP contribution in [-0.2, 0) is 15.1 Å². The van der Waals surface area contributed by atoms with Crippen LogP contribution in [0.5, 0.6) is 0 Å². The van der Waals surface area contributed by atoms with Gasteiger partial charge in [-0.25, -0.2) is 4.79 Å². The number of benzene rings is 1. The molecule has 1 saturated carbocycles. The molecule has 1 N–H and O–H groups in total. The number of hydrogen-bond acceptors (Lipinski definition) is 3. The van der Waals surface area contributed by atoms with Gasteiger partial charge in [0.05, 0.1) is 18.6 Å². The third-order valence-corrected chi connectivity index (χ3v) is 5.80. The highest BCUT2D eigenvalue weighted by Gasteiger charge is 2.49. The zero-order chi connectivity index (χ0) is 17.7. The molecule has 0 unspecified atom stereocenters. The lowest BCUT2D eigenvalue weighted by atomic mass is 10.0. The van der Waals surface area contributed by atoms with E-state index < -0.39 is 5.60 Å². The van der Waals surface area contributed by atoms with Crippen molar-refractivity contribution in [3.63, 3.8) is 0 Å². The van der Waals surface area contributed by atoms with E-state index in [2.05, 4.69) is 5.32 Å². The summed E-state index contributed by atoms with van der Waals surface area (Å²) < 4.78 is 5.81. The van der Waals surface area contributed by atoms with Crippen LogP contribution in [0.2, 0.25) is 5.02 Å². The van der Waals surface area contributed by atoms with Crippen molar-refractivity contribution < 1.29 is 14.3 Å². The van der Waals surface area contributed by atoms with Crippen LogP contribution in [0.15, 0.2) is 24.3 Å². The van der Waals surface area contributed by atoms with Gasteiger partial charge in [0.15, 0.2) is 0 Å². The van der Waals surface area contributed by atoms with Gasteiger partial charge >= 0.3 is 6.03 Å². The zero-order valence-electron chi connectivity index (χ0n) is 14.3. The van der Waals surface area contributed by atoms with Crippen molar-refractivity contribution in [2.45, 2.75) is 30.4 Å². The molecule has 0 radical (unpaired) electrons. The Morgan fingerprint density at radius 3 is 2.56 bits per heavy atom. The van der Waals surface area contributed by atoms with Crippen LogP contribution in [0.3, 0.4) is 0 Å². The number of carbonyl (C=O) groups excluding carboxylic acids is 2. The summed E-state index contributed by atoms with van der Waals surface area (Å²) in [5.41, 5.74) is 0.410. The molecule has 3 amide bonds. The number of morpholine rings is 1. The Kier molecular flexibility index (Phi) is 3.92. The molecule has 2 heterocycles. The van der Waals surface area contributed by atoms with E-state index in [-0.39, 0.29) is 24.1 Å². The van der Waals surface area contributed by atoms with Crippen LogP contribution in [0.25, 0.3) is 0 Å². The van der Waals surface area contributed by atoms with Gasteiger partial charge in [-0.15, -0.1) is 0 Å². The Morgan fingerprint density at radius 1 is 1.20 bits per heavy atom. The van der Waals surface area contributed by atoms with Gasteiger partial charge < -0.3 is 19.9 Å². The summed E-state index contributed by atoms with van der Waals surface area (Å²) in [6.07, 6.45) is 2.63. The molecule has 25 heavy (non-hydrogen) atoms. The van der Waals surface area contributed by atoms with Crippen molar-refractivity contribution in [1.82, 2.24) is 15.1 Å². The highest BCUT2D eigenvalue weighted by molar-refractivity contribution is 6.30. The molecular weight excluding hydrogens is 342 g/mol. The van der Waals surface area contributed by atoms with Gasteiger partial charge in [0.25, 0.3) is 0 Å². The third kappa shape index (κ3) is 3.09. The number of ether oxygens (including phenoxy) is 1. The van der Waals surface area contributed by atoms with Crippen LogP contribution in [0, 0.1) is 0 Å². The van der Waals surface area contributed by atoms with E-state index in [0.717, 1.165) is 24.8 Å². The van der Waals surface area contributed by atoms with Gasteiger partial charge in [0.1, 0.15) is 12.2 Å². The molecule has 7 heteroatoms. The maximum absolute atomic E-state index is 12.8. The normalized spacial score (nSPS) is 27.7. The Bertz CT molecular complexity index is 704. The van der Waals surface area contributed by atoms with E-state index in [1.165, 1.54) is 0 Å². The van der Waals surface area contributed by atoms with E-state index in [0.29, 0.717) is 24.7 Å². The van der Waals surface area contributed by atoms with Crippen molar-refractivity contribution in [2.75, 3.05) is 33.3 Å². The Hall–Kier alpha value is -1.79. The lowest BCUT2D eigenvalue weighted by molar-refractivity contribution is -0.158. The Balaban J connectivity index is 1.41. The minimum atomic E-state index is -0.420. The number of hydrogen-bond donors (Lipinski definition) is 1. The molecular formula is C18H22ClN3O3. The largest absolute Gasteiger partial charge is 0.361 e. The smallest absolute Gasteiger partial charge is 0.318 e. The first-order valence-corrected chi connectivity index (χ1v) is 9.00. The molecule has 4 rings (SSSR count). The van der Waals surface area contributed by atoms with Gasteiger partial charge in [-0.05, 0) is 37.0 Å². The average molecular weight is 364 g/mol. The number of carbonyl (C=O) groups is 2. The van der Waals surface area contributed by atoms with Crippen molar-refractivity contribution in [2.24, 2.45) is 0 Å². The summed E-state index contributed by atoms with van der Waals surface area (Å²) in [6.45, 7) is 1.80. The molecule has 1 spiro atoms. The molecule has 1 atom stereocenters. The molecule has 134 valence electrons. The van der Waals surface area contributed by atoms with E-state index in [1.54, 1.807) is 16.8 Å². The fourth-order valence-corrected chi connectivity index (χ4v) is 3.95. The zero-order valence-corrected chi connectivity index (χ0v) is 15.0. The first-order valence-electron chi connectivity index (χ1n) is 8.63. The van der Waals surface area contributed by atoms with Crippen LogP contribution < -0.4 is 5.32 Å². The Morgan fingerprint density at radius 2 is 1.92 bits per heavy atom. The maximum Gasteiger partial charge on any atom is 0.318 e. The molecule has 3 fully saturated rings. The van der Waals surface area contributed by atoms with Crippen LogP contribution >= 0.6 is 11.6 Å². The van der Waals surface area contributed by atoms with Gasteiger partial charge in [-0.3, -0.25) is 4.79 Å². The molecule has 1 aromatic carbocycles. The molecule has 6 nitrogen and oxygen atoms in total. The number of likely N-dealkylation sites (tertiary alicyclic amines) is 1. The van der Waals surface area contributed by atoms with Gasteiger partial charge in [0, 0.05) is 18.6 Å². The first-order chi connectivity index (χ1) is 11.9. The SMILES string of the molecule is CN1C[C@]2(CCN(C(=O)NC3(c4ccc(Cl)cc4)CC3)C2)OCC1=O. The van der Waals surface area contributed by atoms with E-state index in [1.807, 2.05) is 24.3 Å². The van der Waals surface area contributed by atoms with Gasteiger partial charge in [-0.2, -0.15) is 0 Å². The summed E-state index contributed by atoms with van der Waals surface area (Å²) in [5.74, 6) is -0.00630. The summed E-state index contributed by atoms with van der Waals surface area (Å²) in [4.78, 5) is 27.9. The van der Waals surface area contributed by atoms with Crippen molar-refractivity contribution in [3.05, 3.63) is 34.9 Å². The first kappa shape index (κ1) is 16.7. The molecule has 2 saturated heterocycles. The van der Waals surface area contributed by atoms with E-state index in [4.69, 9.17) is 16.3 Å². The molecule has 1 aliphatic carbocycles. The van der Waals surface area contributed by atoms with Crippen LogP contribution in [-0.4, -0.2) is 60.6 Å². The number of nitrogens with zero attached hydrogens (tertiary/aromatic N) is 2. The average Bonchev–Trinajstić information content (AvgIpc) is 3.25. The number of urea groups is 1. The second kappa shape index (κ2) is 5.88. The minimum Gasteiger partial charge on any atom is -0.361 e. The molecule has 1 aromatic rings. The summed E-state index contributed by atoms with van der Waals surface area (Å²) >= 11 is 5.96. The highest BCUT2D eigenvalue weighted by Crippen LogP contribution is 2.46. The topological polar surface area (TPSA) is 61.9 Å². The monoisotopic (exact) mass is 363 g/mol. The standard InChI is InChI=1S/C18H22ClN3O3/c1-21-11-17(25-10-15(21)23)8-9-22(12-17)16(24)20-18(6-7-18)13-2-4-14(19)5-3-13/h2-5H,6-12H2,1H3,(H,20,24)/t17-/m0/s1. The number of halogens is 1. The number of likely N-dealkylation sites (N-methyl/N-ethyl adjacent to an activating group) is 1. The maximum atomic E-state index is 12.8. The predicted molar refractivity (Wildman–Crippen MR) is 93.4 cm³/mol. The van der Waals surface area contributed by atoms with Crippen molar-refractivity contribution >= 4 is 23.5 Å². The second-order valence-corrected chi connectivity index (χ2v) is 7.85.